The van der Waals surface area contributed by atoms with E-state index in [1.807, 2.05) is 13.0 Å². The number of anilines is 1. The van der Waals surface area contributed by atoms with Gasteiger partial charge < -0.3 is 9.64 Å². The summed E-state index contributed by atoms with van der Waals surface area (Å²) in [5, 5.41) is 0. The molecule has 1 aromatic carbocycles. The number of aryl methyl sites for hydroxylation is 1. The van der Waals surface area contributed by atoms with Crippen LogP contribution >= 0.6 is 11.3 Å². The van der Waals surface area contributed by atoms with Gasteiger partial charge in [-0.1, -0.05) is 6.92 Å². The standard InChI is InChI=1S/C18H18N2O2S/c1-2-12-9-15-18(11-16(12)21)23-17-10-13(3-4-14(17)19-15)20-5-7-22-8-6-20/h3-4,9-11H,2,5-8H2,1H3. The van der Waals surface area contributed by atoms with E-state index in [9.17, 15) is 4.79 Å². The van der Waals surface area contributed by atoms with Crippen LogP contribution in [0.15, 0.2) is 35.1 Å². The second-order valence-corrected chi connectivity index (χ2v) is 6.83. The highest BCUT2D eigenvalue weighted by Gasteiger charge is 2.14. The molecule has 0 N–H and O–H groups in total. The van der Waals surface area contributed by atoms with E-state index < -0.39 is 0 Å². The van der Waals surface area contributed by atoms with Crippen LogP contribution in [-0.2, 0) is 11.2 Å². The summed E-state index contributed by atoms with van der Waals surface area (Å²) < 4.78 is 6.53. The van der Waals surface area contributed by atoms with E-state index in [4.69, 9.17) is 9.72 Å². The Morgan fingerprint density at radius 1 is 1.22 bits per heavy atom. The molecule has 23 heavy (non-hydrogen) atoms. The molecule has 118 valence electrons. The Hall–Kier alpha value is -1.98. The minimum atomic E-state index is 0.113. The zero-order valence-corrected chi connectivity index (χ0v) is 13.9. The number of hydrogen-bond acceptors (Lipinski definition) is 5. The average molecular weight is 326 g/mol. The lowest BCUT2D eigenvalue weighted by molar-refractivity contribution is 0.122. The van der Waals surface area contributed by atoms with Gasteiger partial charge in [-0.25, -0.2) is 4.98 Å². The van der Waals surface area contributed by atoms with Crippen LogP contribution in [0.3, 0.4) is 0 Å². The van der Waals surface area contributed by atoms with Crippen LogP contribution in [0, 0.1) is 0 Å². The molecular weight excluding hydrogens is 308 g/mol. The fourth-order valence-corrected chi connectivity index (χ4v) is 3.99. The lowest BCUT2D eigenvalue weighted by atomic mass is 10.1. The van der Waals surface area contributed by atoms with E-state index in [2.05, 4.69) is 23.1 Å². The SMILES string of the molecule is CCc1cc2nc3ccc(N4CCOCC4)cc3sc-2cc1=O. The van der Waals surface area contributed by atoms with Crippen LogP contribution in [0.4, 0.5) is 5.69 Å². The predicted molar refractivity (Wildman–Crippen MR) is 94.9 cm³/mol. The molecule has 4 rings (SSSR count). The Morgan fingerprint density at radius 2 is 2.04 bits per heavy atom. The van der Waals surface area contributed by atoms with Gasteiger partial charge in [-0.2, -0.15) is 0 Å². The van der Waals surface area contributed by atoms with Gasteiger partial charge in [0, 0.05) is 30.4 Å². The van der Waals surface area contributed by atoms with Gasteiger partial charge in [0.25, 0.3) is 0 Å². The van der Waals surface area contributed by atoms with Crippen LogP contribution in [0.1, 0.15) is 12.5 Å². The van der Waals surface area contributed by atoms with E-state index in [0.717, 1.165) is 59.1 Å². The highest BCUT2D eigenvalue weighted by Crippen LogP contribution is 2.32. The van der Waals surface area contributed by atoms with Crippen molar-refractivity contribution in [2.75, 3.05) is 31.2 Å². The third kappa shape index (κ3) is 2.71. The van der Waals surface area contributed by atoms with Gasteiger partial charge in [-0.3, -0.25) is 4.79 Å². The molecule has 0 radical (unpaired) electrons. The first kappa shape index (κ1) is 14.6. The van der Waals surface area contributed by atoms with Crippen LogP contribution in [-0.4, -0.2) is 31.3 Å². The molecule has 1 fully saturated rings. The molecule has 1 aliphatic carbocycles. The molecule has 0 unspecified atom stereocenters. The molecule has 0 atom stereocenters. The first-order valence-electron chi connectivity index (χ1n) is 7.95. The fraction of sp³-hybridized carbons (Fsp3) is 0.333. The van der Waals surface area contributed by atoms with Crippen LogP contribution in [0.25, 0.3) is 20.8 Å². The van der Waals surface area contributed by atoms with Crippen molar-refractivity contribution in [3.05, 3.63) is 46.1 Å². The highest BCUT2D eigenvalue weighted by atomic mass is 32.1. The van der Waals surface area contributed by atoms with Gasteiger partial charge in [-0.15, -0.1) is 11.3 Å². The summed E-state index contributed by atoms with van der Waals surface area (Å²) in [5.41, 5.74) is 4.05. The molecule has 0 saturated carbocycles. The Bertz CT molecular complexity index is 884. The fourth-order valence-electron chi connectivity index (χ4n) is 2.98. The first-order valence-corrected chi connectivity index (χ1v) is 8.76. The molecule has 0 aromatic heterocycles. The first-order chi connectivity index (χ1) is 11.2. The van der Waals surface area contributed by atoms with Crippen molar-refractivity contribution in [2.24, 2.45) is 0 Å². The van der Waals surface area contributed by atoms with Gasteiger partial charge in [0.15, 0.2) is 5.43 Å². The van der Waals surface area contributed by atoms with Gasteiger partial charge in [0.1, 0.15) is 0 Å². The van der Waals surface area contributed by atoms with Crippen molar-refractivity contribution in [1.82, 2.24) is 4.98 Å². The molecule has 2 aliphatic heterocycles. The summed E-state index contributed by atoms with van der Waals surface area (Å²) in [6.45, 7) is 5.39. The second kappa shape index (κ2) is 5.91. The summed E-state index contributed by atoms with van der Waals surface area (Å²) in [4.78, 5) is 20.1. The number of nitrogens with zero attached hydrogens (tertiary/aromatic N) is 2. The lowest BCUT2D eigenvalue weighted by Crippen LogP contribution is -2.36. The van der Waals surface area contributed by atoms with Gasteiger partial charge in [0.05, 0.1) is 34.0 Å². The van der Waals surface area contributed by atoms with E-state index in [-0.39, 0.29) is 5.43 Å². The summed E-state index contributed by atoms with van der Waals surface area (Å²) in [6.07, 6.45) is 0.745. The minimum absolute atomic E-state index is 0.113. The van der Waals surface area contributed by atoms with E-state index in [1.54, 1.807) is 17.4 Å². The maximum atomic E-state index is 12.1. The summed E-state index contributed by atoms with van der Waals surface area (Å²) in [7, 11) is 0. The zero-order chi connectivity index (χ0) is 15.8. The number of benzene rings is 2. The number of fused-ring (bicyclic) bond motifs is 2. The van der Waals surface area contributed by atoms with E-state index >= 15 is 0 Å². The molecule has 0 spiro atoms. The van der Waals surface area contributed by atoms with Crippen LogP contribution in [0.5, 0.6) is 0 Å². The second-order valence-electron chi connectivity index (χ2n) is 5.75. The van der Waals surface area contributed by atoms with Crippen LogP contribution < -0.4 is 10.3 Å². The smallest absolute Gasteiger partial charge is 0.183 e. The maximum Gasteiger partial charge on any atom is 0.183 e. The van der Waals surface area contributed by atoms with Crippen molar-refractivity contribution < 1.29 is 4.74 Å². The number of hydrogen-bond donors (Lipinski definition) is 0. The molecular formula is C18H18N2O2S. The van der Waals surface area contributed by atoms with Crippen molar-refractivity contribution in [2.45, 2.75) is 13.3 Å². The Kier molecular flexibility index (Phi) is 3.75. The number of ether oxygens (including phenoxy) is 1. The van der Waals surface area contributed by atoms with Gasteiger partial charge in [0.2, 0.25) is 0 Å². The molecule has 0 bridgehead atoms. The number of morpholine rings is 1. The lowest BCUT2D eigenvalue weighted by Gasteiger charge is -2.29. The van der Waals surface area contributed by atoms with Gasteiger partial charge >= 0.3 is 0 Å². The molecule has 2 heterocycles. The van der Waals surface area contributed by atoms with Crippen molar-refractivity contribution in [3.63, 3.8) is 0 Å². The van der Waals surface area contributed by atoms with E-state index in [0.29, 0.717) is 0 Å². The average Bonchev–Trinajstić information content (AvgIpc) is 2.60. The number of rotatable bonds is 2. The van der Waals surface area contributed by atoms with E-state index in [1.165, 1.54) is 5.69 Å². The third-order valence-electron chi connectivity index (χ3n) is 4.30. The predicted octanol–water partition coefficient (Wildman–Crippen LogP) is 3.16. The third-order valence-corrected chi connectivity index (χ3v) is 5.40. The number of aromatic nitrogens is 1. The van der Waals surface area contributed by atoms with Crippen LogP contribution in [0.2, 0.25) is 0 Å². The van der Waals surface area contributed by atoms with Crippen molar-refractivity contribution in [3.8, 4) is 10.6 Å². The molecule has 1 saturated heterocycles. The molecule has 3 aliphatic rings. The van der Waals surface area contributed by atoms with Gasteiger partial charge in [-0.05, 0) is 30.7 Å². The molecule has 0 amide bonds. The summed E-state index contributed by atoms with van der Waals surface area (Å²) >= 11 is 1.64. The Balaban J connectivity index is 1.83. The summed E-state index contributed by atoms with van der Waals surface area (Å²) in [6, 6.07) is 10.0. The maximum absolute atomic E-state index is 12.1. The minimum Gasteiger partial charge on any atom is -0.378 e. The molecule has 4 nitrogen and oxygen atoms in total. The van der Waals surface area contributed by atoms with Crippen molar-refractivity contribution in [1.29, 1.82) is 0 Å². The quantitative estimate of drug-likeness (QED) is 0.679. The topological polar surface area (TPSA) is 42.4 Å². The largest absolute Gasteiger partial charge is 0.378 e. The highest BCUT2D eigenvalue weighted by molar-refractivity contribution is 7.21. The monoisotopic (exact) mass is 326 g/mol. The summed E-state index contributed by atoms with van der Waals surface area (Å²) in [5.74, 6) is 0. The molecule has 5 heteroatoms. The Morgan fingerprint density at radius 3 is 2.83 bits per heavy atom. The Labute approximate surface area is 138 Å². The van der Waals surface area contributed by atoms with Crippen molar-refractivity contribution >= 4 is 27.2 Å². The molecule has 1 aromatic rings. The zero-order valence-electron chi connectivity index (χ0n) is 13.0. The normalized spacial score (nSPS) is 15.4.